The highest BCUT2D eigenvalue weighted by molar-refractivity contribution is 5.27. The third-order valence-electron chi connectivity index (χ3n) is 1.80. The van der Waals surface area contributed by atoms with Gasteiger partial charge in [0, 0.05) is 0 Å². The molecule has 0 amide bonds. The molecule has 0 radical (unpaired) electrons. The predicted octanol–water partition coefficient (Wildman–Crippen LogP) is 3.78. The molecule has 0 heterocycles. The van der Waals surface area contributed by atoms with Crippen molar-refractivity contribution < 1.29 is 17.9 Å². The van der Waals surface area contributed by atoms with E-state index in [4.69, 9.17) is 0 Å². The zero-order valence-electron chi connectivity index (χ0n) is 8.64. The van der Waals surface area contributed by atoms with E-state index in [9.17, 15) is 13.2 Å². The van der Waals surface area contributed by atoms with Crippen LogP contribution in [0, 0.1) is 5.92 Å². The van der Waals surface area contributed by atoms with Crippen molar-refractivity contribution in [1.82, 2.24) is 0 Å². The molecule has 1 nitrogen and oxygen atoms in total. The van der Waals surface area contributed by atoms with Crippen LogP contribution in [0.25, 0.3) is 0 Å². The molecule has 0 aromatic heterocycles. The van der Waals surface area contributed by atoms with E-state index in [-0.39, 0.29) is 5.75 Å². The van der Waals surface area contributed by atoms with Crippen molar-refractivity contribution in [2.45, 2.75) is 26.6 Å². The van der Waals surface area contributed by atoms with Crippen LogP contribution in [0.4, 0.5) is 13.2 Å². The van der Waals surface area contributed by atoms with E-state index >= 15 is 0 Å². The van der Waals surface area contributed by atoms with Gasteiger partial charge in [-0.1, -0.05) is 26.0 Å². The Balaban J connectivity index is 2.64. The normalized spacial score (nSPS) is 11.9. The van der Waals surface area contributed by atoms with E-state index in [1.165, 1.54) is 12.1 Å². The summed E-state index contributed by atoms with van der Waals surface area (Å²) in [6.45, 7) is 4.11. The van der Waals surface area contributed by atoms with Crippen molar-refractivity contribution in [3.63, 3.8) is 0 Å². The summed E-state index contributed by atoms with van der Waals surface area (Å²) < 4.78 is 39.3. The summed E-state index contributed by atoms with van der Waals surface area (Å²) in [4.78, 5) is 0. The lowest BCUT2D eigenvalue weighted by atomic mass is 10.0. The van der Waals surface area contributed by atoms with Crippen LogP contribution in [-0.4, -0.2) is 6.36 Å². The number of benzene rings is 1. The molecular weight excluding hydrogens is 205 g/mol. The fourth-order valence-corrected chi connectivity index (χ4v) is 1.30. The predicted molar refractivity (Wildman–Crippen MR) is 51.7 cm³/mol. The van der Waals surface area contributed by atoms with Crippen LogP contribution in [0.1, 0.15) is 19.4 Å². The van der Waals surface area contributed by atoms with Crippen molar-refractivity contribution in [2.24, 2.45) is 5.92 Å². The van der Waals surface area contributed by atoms with Gasteiger partial charge >= 0.3 is 6.36 Å². The topological polar surface area (TPSA) is 9.23 Å². The smallest absolute Gasteiger partial charge is 0.406 e. The highest BCUT2D eigenvalue weighted by atomic mass is 19.4. The van der Waals surface area contributed by atoms with Gasteiger partial charge in [0.1, 0.15) is 5.75 Å². The lowest BCUT2D eigenvalue weighted by Crippen LogP contribution is -2.17. The molecule has 1 aromatic rings. The number of alkyl halides is 3. The summed E-state index contributed by atoms with van der Waals surface area (Å²) in [7, 11) is 0. The van der Waals surface area contributed by atoms with Crippen LogP contribution in [0.2, 0.25) is 0 Å². The molecule has 1 aromatic carbocycles. The third-order valence-corrected chi connectivity index (χ3v) is 1.80. The zero-order valence-corrected chi connectivity index (χ0v) is 8.64. The molecule has 0 saturated heterocycles. The summed E-state index contributed by atoms with van der Waals surface area (Å²) in [5.41, 5.74) is 1.01. The number of hydrogen-bond donors (Lipinski definition) is 0. The monoisotopic (exact) mass is 218 g/mol. The molecule has 0 aliphatic heterocycles. The summed E-state index contributed by atoms with van der Waals surface area (Å²) in [6, 6.07) is 5.98. The summed E-state index contributed by atoms with van der Waals surface area (Å²) >= 11 is 0. The Hall–Kier alpha value is -1.19. The van der Waals surface area contributed by atoms with Crippen LogP contribution in [0.15, 0.2) is 24.3 Å². The molecule has 0 saturated carbocycles. The minimum absolute atomic E-state index is 0.171. The van der Waals surface area contributed by atoms with Crippen molar-refractivity contribution in [1.29, 1.82) is 0 Å². The average molecular weight is 218 g/mol. The Morgan fingerprint density at radius 1 is 1.13 bits per heavy atom. The largest absolute Gasteiger partial charge is 0.573 e. The molecule has 84 valence electrons. The third kappa shape index (κ3) is 4.72. The Kier molecular flexibility index (Phi) is 3.61. The van der Waals surface area contributed by atoms with Crippen LogP contribution in [0.3, 0.4) is 0 Å². The highest BCUT2D eigenvalue weighted by Crippen LogP contribution is 2.23. The molecule has 0 atom stereocenters. The van der Waals surface area contributed by atoms with Crippen molar-refractivity contribution >= 4 is 0 Å². The van der Waals surface area contributed by atoms with Gasteiger partial charge < -0.3 is 4.74 Å². The summed E-state index contributed by atoms with van der Waals surface area (Å²) in [6.07, 6.45) is -3.76. The fourth-order valence-electron chi connectivity index (χ4n) is 1.30. The first kappa shape index (κ1) is 11.9. The van der Waals surface area contributed by atoms with E-state index in [2.05, 4.69) is 18.6 Å². The maximum Gasteiger partial charge on any atom is 0.573 e. The van der Waals surface area contributed by atoms with E-state index in [1.54, 1.807) is 12.1 Å². The van der Waals surface area contributed by atoms with Gasteiger partial charge in [-0.25, -0.2) is 0 Å². The van der Waals surface area contributed by atoms with Gasteiger partial charge in [-0.3, -0.25) is 0 Å². The maximum atomic E-state index is 11.8. The molecule has 1 rings (SSSR count). The van der Waals surface area contributed by atoms with Crippen LogP contribution >= 0.6 is 0 Å². The van der Waals surface area contributed by atoms with Gasteiger partial charge in [-0.05, 0) is 30.0 Å². The number of rotatable bonds is 3. The first-order valence-electron chi connectivity index (χ1n) is 4.71. The van der Waals surface area contributed by atoms with Gasteiger partial charge in [0.2, 0.25) is 0 Å². The van der Waals surface area contributed by atoms with Gasteiger partial charge in [-0.2, -0.15) is 0 Å². The lowest BCUT2D eigenvalue weighted by Gasteiger charge is -2.10. The van der Waals surface area contributed by atoms with Crippen LogP contribution in [-0.2, 0) is 6.42 Å². The summed E-state index contributed by atoms with van der Waals surface area (Å²) in [5.74, 6) is 0.314. The van der Waals surface area contributed by atoms with Crippen LogP contribution < -0.4 is 4.74 Å². The number of halogens is 3. The maximum absolute atomic E-state index is 11.8. The molecule has 0 spiro atoms. The fraction of sp³-hybridized carbons (Fsp3) is 0.455. The van der Waals surface area contributed by atoms with Crippen LogP contribution in [0.5, 0.6) is 5.75 Å². The van der Waals surface area contributed by atoms with Gasteiger partial charge in [-0.15, -0.1) is 13.2 Å². The van der Waals surface area contributed by atoms with Crippen molar-refractivity contribution in [3.05, 3.63) is 29.8 Å². The Morgan fingerprint density at radius 2 is 1.67 bits per heavy atom. The lowest BCUT2D eigenvalue weighted by molar-refractivity contribution is -0.274. The highest BCUT2D eigenvalue weighted by Gasteiger charge is 2.30. The van der Waals surface area contributed by atoms with E-state index in [0.29, 0.717) is 5.92 Å². The van der Waals surface area contributed by atoms with Gasteiger partial charge in [0.05, 0.1) is 0 Å². The first-order valence-corrected chi connectivity index (χ1v) is 4.71. The minimum Gasteiger partial charge on any atom is -0.406 e. The Labute approximate surface area is 86.9 Å². The Bertz CT molecular complexity index is 301. The molecule has 0 N–H and O–H groups in total. The van der Waals surface area contributed by atoms with E-state index in [1.807, 2.05) is 0 Å². The number of ether oxygens (including phenoxy) is 1. The second kappa shape index (κ2) is 4.55. The second-order valence-electron chi connectivity index (χ2n) is 3.79. The number of hydrogen-bond acceptors (Lipinski definition) is 1. The first-order chi connectivity index (χ1) is 6.87. The molecule has 0 fully saturated rings. The minimum atomic E-state index is -4.61. The molecular formula is C11H13F3O. The molecule has 15 heavy (non-hydrogen) atoms. The van der Waals surface area contributed by atoms with E-state index in [0.717, 1.165) is 12.0 Å². The van der Waals surface area contributed by atoms with Gasteiger partial charge in [0.25, 0.3) is 0 Å². The summed E-state index contributed by atoms with van der Waals surface area (Å²) in [5, 5.41) is 0. The van der Waals surface area contributed by atoms with Crippen molar-refractivity contribution in [3.8, 4) is 5.75 Å². The average Bonchev–Trinajstić information content (AvgIpc) is 2.05. The SMILES string of the molecule is CC(C)Cc1ccc(OC(F)(F)F)cc1. The van der Waals surface area contributed by atoms with E-state index < -0.39 is 6.36 Å². The zero-order chi connectivity index (χ0) is 11.5. The van der Waals surface area contributed by atoms with Gasteiger partial charge in [0.15, 0.2) is 0 Å². The Morgan fingerprint density at radius 3 is 2.07 bits per heavy atom. The quantitative estimate of drug-likeness (QED) is 0.750. The standard InChI is InChI=1S/C11H13F3O/c1-8(2)7-9-3-5-10(6-4-9)15-11(12,13)14/h3-6,8H,7H2,1-2H3. The molecule has 4 heteroatoms. The van der Waals surface area contributed by atoms with Crippen molar-refractivity contribution in [2.75, 3.05) is 0 Å². The molecule has 0 aliphatic rings. The molecule has 0 bridgehead atoms. The molecule has 0 unspecified atom stereocenters. The molecule has 0 aliphatic carbocycles. The second-order valence-corrected chi connectivity index (χ2v) is 3.79.